The minimum absolute atomic E-state index is 0.0700. The number of benzene rings is 2. The van der Waals surface area contributed by atoms with Crippen molar-refractivity contribution < 1.29 is 9.18 Å². The van der Waals surface area contributed by atoms with Crippen LogP contribution >= 0.6 is 0 Å². The molecule has 2 aromatic carbocycles. The van der Waals surface area contributed by atoms with Crippen molar-refractivity contribution in [3.05, 3.63) is 92.6 Å². The maximum Gasteiger partial charge on any atom is 0.337 e. The van der Waals surface area contributed by atoms with Crippen molar-refractivity contribution in [2.75, 3.05) is 0 Å². The van der Waals surface area contributed by atoms with Gasteiger partial charge in [-0.15, -0.1) is 0 Å². The van der Waals surface area contributed by atoms with Gasteiger partial charge >= 0.3 is 5.69 Å². The second-order valence-electron chi connectivity index (χ2n) is 10.1. The number of nitrogens with zero attached hydrogens (tertiary/aromatic N) is 4. The Morgan fingerprint density at radius 3 is 2.29 bits per heavy atom. The third-order valence-corrected chi connectivity index (χ3v) is 6.15. The topological polar surface area (TPSA) is 78.9 Å². The fraction of sp³-hybridized carbons (Fsp3) is 0.333. The number of Topliss-reactive ketones (excluding diaryl/α,β-unsaturated/α-hetero) is 1. The van der Waals surface area contributed by atoms with Crippen molar-refractivity contribution in [2.24, 2.45) is 5.41 Å². The number of aromatic nitrogens is 4. The fourth-order valence-corrected chi connectivity index (χ4v) is 3.87. The second kappa shape index (κ2) is 9.09. The monoisotopic (exact) mass is 476 g/mol. The minimum atomic E-state index is -0.629. The summed E-state index contributed by atoms with van der Waals surface area (Å²) in [6.45, 7) is 9.23. The van der Waals surface area contributed by atoms with Crippen molar-refractivity contribution in [3.8, 4) is 5.69 Å². The van der Waals surface area contributed by atoms with Crippen LogP contribution in [0.5, 0.6) is 0 Å². The van der Waals surface area contributed by atoms with Gasteiger partial charge in [-0.05, 0) is 29.7 Å². The molecule has 4 rings (SSSR count). The number of rotatable bonds is 6. The summed E-state index contributed by atoms with van der Waals surface area (Å²) >= 11 is 0. The standard InChI is InChI=1S/C27H29FN4O3/c1-17(2)18-10-12-20(13-11-18)32-24-23(30(16-29-24)15-22(33)27(3,4)5)25(34)31(26(32)35)14-19-8-6-7-9-21(19)28/h6-13,16-17H,14-15H2,1-5H3. The Balaban J connectivity index is 1.98. The van der Waals surface area contributed by atoms with Gasteiger partial charge in [0.05, 0.1) is 25.1 Å². The van der Waals surface area contributed by atoms with E-state index in [4.69, 9.17) is 0 Å². The molecule has 0 saturated carbocycles. The average Bonchev–Trinajstić information content (AvgIpc) is 3.21. The summed E-state index contributed by atoms with van der Waals surface area (Å²) in [4.78, 5) is 44.3. The summed E-state index contributed by atoms with van der Waals surface area (Å²) in [6, 6.07) is 13.5. The van der Waals surface area contributed by atoms with Crippen LogP contribution in [0.3, 0.4) is 0 Å². The highest BCUT2D eigenvalue weighted by Crippen LogP contribution is 2.20. The van der Waals surface area contributed by atoms with Crippen LogP contribution in [0.15, 0.2) is 64.4 Å². The smallest absolute Gasteiger partial charge is 0.317 e. The Morgan fingerprint density at radius 2 is 1.69 bits per heavy atom. The lowest BCUT2D eigenvalue weighted by Gasteiger charge is -2.17. The number of ketones is 1. The Bertz CT molecular complexity index is 1520. The van der Waals surface area contributed by atoms with E-state index in [2.05, 4.69) is 18.8 Å². The third-order valence-electron chi connectivity index (χ3n) is 6.15. The van der Waals surface area contributed by atoms with E-state index in [1.807, 2.05) is 12.1 Å². The van der Waals surface area contributed by atoms with Crippen LogP contribution in [0.4, 0.5) is 4.39 Å². The summed E-state index contributed by atoms with van der Waals surface area (Å²) in [7, 11) is 0. The highest BCUT2D eigenvalue weighted by atomic mass is 19.1. The zero-order chi connectivity index (χ0) is 25.5. The Morgan fingerprint density at radius 1 is 1.03 bits per heavy atom. The number of carbonyl (C=O) groups is 1. The average molecular weight is 477 g/mol. The largest absolute Gasteiger partial charge is 0.337 e. The molecule has 0 amide bonds. The number of fused-ring (bicyclic) bond motifs is 1. The molecule has 0 radical (unpaired) electrons. The second-order valence-corrected chi connectivity index (χ2v) is 10.1. The van der Waals surface area contributed by atoms with Gasteiger partial charge in [-0.2, -0.15) is 0 Å². The Labute approximate surface area is 202 Å². The van der Waals surface area contributed by atoms with E-state index in [9.17, 15) is 18.8 Å². The number of halogens is 1. The van der Waals surface area contributed by atoms with Gasteiger partial charge in [0.2, 0.25) is 0 Å². The van der Waals surface area contributed by atoms with E-state index in [1.54, 1.807) is 45.0 Å². The molecule has 0 aliphatic heterocycles. The molecule has 0 fully saturated rings. The number of imidazole rings is 1. The summed E-state index contributed by atoms with van der Waals surface area (Å²) in [6.07, 6.45) is 1.40. The van der Waals surface area contributed by atoms with Crippen molar-refractivity contribution in [1.82, 2.24) is 18.7 Å². The lowest BCUT2D eigenvalue weighted by atomic mass is 9.91. The quantitative estimate of drug-likeness (QED) is 0.416. The molecule has 2 heterocycles. The molecule has 2 aromatic heterocycles. The molecule has 0 spiro atoms. The molecule has 4 aromatic rings. The van der Waals surface area contributed by atoms with Gasteiger partial charge in [-0.3, -0.25) is 14.2 Å². The Hall–Kier alpha value is -3.81. The molecule has 0 atom stereocenters. The first-order valence-corrected chi connectivity index (χ1v) is 11.6. The summed E-state index contributed by atoms with van der Waals surface area (Å²) in [5.74, 6) is -0.294. The van der Waals surface area contributed by atoms with Crippen molar-refractivity contribution in [2.45, 2.75) is 53.6 Å². The highest BCUT2D eigenvalue weighted by molar-refractivity contribution is 5.85. The van der Waals surface area contributed by atoms with E-state index in [-0.39, 0.29) is 35.6 Å². The number of carbonyl (C=O) groups excluding carboxylic acids is 1. The van der Waals surface area contributed by atoms with E-state index < -0.39 is 22.5 Å². The molecule has 35 heavy (non-hydrogen) atoms. The number of hydrogen-bond donors (Lipinski definition) is 0. The first kappa shape index (κ1) is 24.3. The van der Waals surface area contributed by atoms with Crippen molar-refractivity contribution in [3.63, 3.8) is 0 Å². The first-order chi connectivity index (χ1) is 16.5. The van der Waals surface area contributed by atoms with Crippen LogP contribution < -0.4 is 11.2 Å². The van der Waals surface area contributed by atoms with Gasteiger partial charge in [-0.1, -0.05) is 65.0 Å². The van der Waals surface area contributed by atoms with Crippen molar-refractivity contribution >= 4 is 16.9 Å². The number of hydrogen-bond acceptors (Lipinski definition) is 4. The molecular weight excluding hydrogens is 447 g/mol. The lowest BCUT2D eigenvalue weighted by molar-refractivity contribution is -0.126. The van der Waals surface area contributed by atoms with Gasteiger partial charge in [0.1, 0.15) is 5.82 Å². The predicted molar refractivity (Wildman–Crippen MR) is 134 cm³/mol. The Kier molecular flexibility index (Phi) is 6.32. The summed E-state index contributed by atoms with van der Waals surface area (Å²) in [5, 5.41) is 0. The summed E-state index contributed by atoms with van der Waals surface area (Å²) in [5.41, 5.74) is 0.236. The van der Waals surface area contributed by atoms with E-state index in [0.717, 1.165) is 10.1 Å². The predicted octanol–water partition coefficient (Wildman–Crippen LogP) is 4.27. The van der Waals surface area contributed by atoms with Crippen LogP contribution in [0.25, 0.3) is 16.9 Å². The van der Waals surface area contributed by atoms with Gasteiger partial charge in [0.15, 0.2) is 16.9 Å². The van der Waals surface area contributed by atoms with Crippen molar-refractivity contribution in [1.29, 1.82) is 0 Å². The minimum Gasteiger partial charge on any atom is -0.317 e. The van der Waals surface area contributed by atoms with Crippen LogP contribution in [-0.4, -0.2) is 24.5 Å². The van der Waals surface area contributed by atoms with E-state index >= 15 is 0 Å². The molecule has 0 aliphatic rings. The molecule has 182 valence electrons. The normalized spacial score (nSPS) is 12.0. The summed E-state index contributed by atoms with van der Waals surface area (Å²) < 4.78 is 18.2. The molecule has 0 aliphatic carbocycles. The van der Waals surface area contributed by atoms with E-state index in [1.165, 1.54) is 27.6 Å². The lowest BCUT2D eigenvalue weighted by Crippen LogP contribution is -2.40. The fourth-order valence-electron chi connectivity index (χ4n) is 3.87. The van der Waals surface area contributed by atoms with Crippen LogP contribution in [0.2, 0.25) is 0 Å². The molecule has 0 saturated heterocycles. The maximum absolute atomic E-state index is 14.4. The first-order valence-electron chi connectivity index (χ1n) is 11.6. The van der Waals surface area contributed by atoms with Gasteiger partial charge < -0.3 is 4.57 Å². The zero-order valence-corrected chi connectivity index (χ0v) is 20.6. The van der Waals surface area contributed by atoms with Crippen LogP contribution in [0.1, 0.15) is 51.7 Å². The highest BCUT2D eigenvalue weighted by Gasteiger charge is 2.25. The van der Waals surface area contributed by atoms with Gasteiger partial charge in [0, 0.05) is 11.0 Å². The van der Waals surface area contributed by atoms with E-state index in [0.29, 0.717) is 11.6 Å². The van der Waals surface area contributed by atoms with Gasteiger partial charge in [0.25, 0.3) is 5.56 Å². The molecule has 0 N–H and O–H groups in total. The van der Waals surface area contributed by atoms with Crippen LogP contribution in [-0.2, 0) is 17.9 Å². The van der Waals surface area contributed by atoms with Gasteiger partial charge in [-0.25, -0.2) is 18.7 Å². The SMILES string of the molecule is CC(C)c1ccc(-n2c(=O)n(Cc3ccccc3F)c(=O)c3c2ncn3CC(=O)C(C)(C)C)cc1. The molecular formula is C27H29FN4O3. The molecule has 7 nitrogen and oxygen atoms in total. The maximum atomic E-state index is 14.4. The zero-order valence-electron chi connectivity index (χ0n) is 20.6. The molecule has 0 bridgehead atoms. The van der Waals surface area contributed by atoms with Crippen LogP contribution in [0, 0.1) is 11.2 Å². The molecule has 0 unspecified atom stereocenters. The molecule has 8 heteroatoms. The third kappa shape index (κ3) is 4.60.